The molecule has 0 spiro atoms. The third kappa shape index (κ3) is 2.81. The molecule has 1 atom stereocenters. The monoisotopic (exact) mass is 209 g/mol. The highest BCUT2D eigenvalue weighted by molar-refractivity contribution is 5.25. The molecule has 1 heterocycles. The van der Waals surface area contributed by atoms with Crippen LogP contribution in [0.5, 0.6) is 0 Å². The molecule has 3 nitrogen and oxygen atoms in total. The Morgan fingerprint density at radius 2 is 2.00 bits per heavy atom. The van der Waals surface area contributed by atoms with Gasteiger partial charge in [0.05, 0.1) is 5.69 Å². The Morgan fingerprint density at radius 3 is 2.40 bits per heavy atom. The molecule has 15 heavy (non-hydrogen) atoms. The molecule has 3 heteroatoms. The van der Waals surface area contributed by atoms with Crippen molar-refractivity contribution in [2.24, 2.45) is 7.05 Å². The number of hydrogen-bond donors (Lipinski definition) is 1. The van der Waals surface area contributed by atoms with Crippen molar-refractivity contribution in [3.05, 3.63) is 17.0 Å². The molecular weight excluding hydrogens is 186 g/mol. The van der Waals surface area contributed by atoms with Gasteiger partial charge in [-0.15, -0.1) is 0 Å². The molecule has 0 bridgehead atoms. The lowest BCUT2D eigenvalue weighted by Crippen LogP contribution is -2.30. The van der Waals surface area contributed by atoms with Gasteiger partial charge < -0.3 is 5.32 Å². The number of nitrogens with one attached hydrogen (secondary N) is 1. The molecule has 1 N–H and O–H groups in total. The maximum atomic E-state index is 4.45. The molecule has 1 rings (SSSR count). The van der Waals surface area contributed by atoms with Gasteiger partial charge >= 0.3 is 0 Å². The lowest BCUT2D eigenvalue weighted by atomic mass is 10.0. The van der Waals surface area contributed by atoms with Crippen molar-refractivity contribution < 1.29 is 0 Å². The molecule has 0 aliphatic carbocycles. The van der Waals surface area contributed by atoms with E-state index in [0.29, 0.717) is 6.04 Å². The fraction of sp³-hybridized carbons (Fsp3) is 0.750. The smallest absolute Gasteiger partial charge is 0.0628 e. The van der Waals surface area contributed by atoms with Crippen molar-refractivity contribution in [1.82, 2.24) is 15.1 Å². The molecule has 0 saturated heterocycles. The Labute approximate surface area is 92.9 Å². The SMILES string of the molecule is CCNC(CC)Cc1c(C)nn(C)c1C. The fourth-order valence-corrected chi connectivity index (χ4v) is 2.01. The van der Waals surface area contributed by atoms with Gasteiger partial charge in [0.2, 0.25) is 0 Å². The van der Waals surface area contributed by atoms with Gasteiger partial charge in [-0.1, -0.05) is 13.8 Å². The Bertz CT molecular complexity index is 315. The van der Waals surface area contributed by atoms with Gasteiger partial charge in [0, 0.05) is 18.8 Å². The van der Waals surface area contributed by atoms with Crippen molar-refractivity contribution in [3.8, 4) is 0 Å². The minimum atomic E-state index is 0.580. The number of hydrogen-bond acceptors (Lipinski definition) is 2. The highest BCUT2D eigenvalue weighted by atomic mass is 15.3. The zero-order valence-electron chi connectivity index (χ0n) is 10.6. The van der Waals surface area contributed by atoms with Gasteiger partial charge in [0.25, 0.3) is 0 Å². The van der Waals surface area contributed by atoms with Crippen molar-refractivity contribution in [2.75, 3.05) is 6.54 Å². The van der Waals surface area contributed by atoms with Gasteiger partial charge in [-0.05, 0) is 38.8 Å². The van der Waals surface area contributed by atoms with E-state index >= 15 is 0 Å². The van der Waals surface area contributed by atoms with Crippen LogP contribution >= 0.6 is 0 Å². The van der Waals surface area contributed by atoms with Crippen LogP contribution in [0, 0.1) is 13.8 Å². The standard InChI is InChI=1S/C12H23N3/c1-6-11(13-7-2)8-12-9(3)14-15(5)10(12)4/h11,13H,6-8H2,1-5H3. The summed E-state index contributed by atoms with van der Waals surface area (Å²) in [4.78, 5) is 0. The summed E-state index contributed by atoms with van der Waals surface area (Å²) in [6.07, 6.45) is 2.26. The van der Waals surface area contributed by atoms with Crippen molar-refractivity contribution >= 4 is 0 Å². The molecular formula is C12H23N3. The quantitative estimate of drug-likeness (QED) is 0.803. The summed E-state index contributed by atoms with van der Waals surface area (Å²) in [5, 5.41) is 7.95. The third-order valence-corrected chi connectivity index (χ3v) is 3.10. The van der Waals surface area contributed by atoms with E-state index in [9.17, 15) is 0 Å². The van der Waals surface area contributed by atoms with Crippen LogP contribution in [0.3, 0.4) is 0 Å². The molecule has 86 valence electrons. The van der Waals surface area contributed by atoms with Crippen LogP contribution in [0.4, 0.5) is 0 Å². The number of nitrogens with zero attached hydrogens (tertiary/aromatic N) is 2. The van der Waals surface area contributed by atoms with E-state index in [1.807, 2.05) is 11.7 Å². The fourth-order valence-electron chi connectivity index (χ4n) is 2.01. The predicted molar refractivity (Wildman–Crippen MR) is 64.1 cm³/mol. The molecule has 0 aromatic carbocycles. The van der Waals surface area contributed by atoms with Crippen LogP contribution in [-0.4, -0.2) is 22.4 Å². The second-order valence-corrected chi connectivity index (χ2v) is 4.14. The largest absolute Gasteiger partial charge is 0.314 e. The Kier molecular flexibility index (Phi) is 4.33. The van der Waals surface area contributed by atoms with Gasteiger partial charge in [-0.3, -0.25) is 4.68 Å². The van der Waals surface area contributed by atoms with E-state index in [1.165, 1.54) is 23.4 Å². The van der Waals surface area contributed by atoms with Crippen molar-refractivity contribution in [1.29, 1.82) is 0 Å². The average Bonchev–Trinajstić information content (AvgIpc) is 2.44. The maximum Gasteiger partial charge on any atom is 0.0628 e. The lowest BCUT2D eigenvalue weighted by molar-refractivity contribution is 0.508. The molecule has 0 radical (unpaired) electrons. The zero-order chi connectivity index (χ0) is 11.4. The van der Waals surface area contributed by atoms with Crippen LogP contribution in [0.25, 0.3) is 0 Å². The summed E-state index contributed by atoms with van der Waals surface area (Å²) in [6, 6.07) is 0.580. The highest BCUT2D eigenvalue weighted by Crippen LogP contribution is 2.15. The predicted octanol–water partition coefficient (Wildman–Crippen LogP) is 1.97. The first-order chi connectivity index (χ1) is 7.10. The number of likely N-dealkylation sites (N-methyl/N-ethyl adjacent to an activating group) is 1. The second-order valence-electron chi connectivity index (χ2n) is 4.14. The summed E-state index contributed by atoms with van der Waals surface area (Å²) in [5.74, 6) is 0. The molecule has 1 aromatic rings. The normalized spacial score (nSPS) is 13.1. The summed E-state index contributed by atoms with van der Waals surface area (Å²) in [6.45, 7) is 9.67. The summed E-state index contributed by atoms with van der Waals surface area (Å²) in [7, 11) is 2.01. The van der Waals surface area contributed by atoms with Crippen LogP contribution in [0.2, 0.25) is 0 Å². The molecule has 0 fully saturated rings. The Balaban J connectivity index is 2.78. The number of rotatable bonds is 5. The van der Waals surface area contributed by atoms with Gasteiger partial charge in [0.1, 0.15) is 0 Å². The van der Waals surface area contributed by atoms with Crippen LogP contribution in [0.1, 0.15) is 37.2 Å². The van der Waals surface area contributed by atoms with E-state index in [-0.39, 0.29) is 0 Å². The second kappa shape index (κ2) is 5.31. The lowest BCUT2D eigenvalue weighted by Gasteiger charge is -2.15. The summed E-state index contributed by atoms with van der Waals surface area (Å²) < 4.78 is 1.98. The summed E-state index contributed by atoms with van der Waals surface area (Å²) in [5.41, 5.74) is 3.88. The van der Waals surface area contributed by atoms with Gasteiger partial charge in [-0.2, -0.15) is 5.10 Å². The van der Waals surface area contributed by atoms with Crippen LogP contribution in [0.15, 0.2) is 0 Å². The van der Waals surface area contributed by atoms with E-state index in [1.54, 1.807) is 0 Å². The van der Waals surface area contributed by atoms with Gasteiger partial charge in [-0.25, -0.2) is 0 Å². The first-order valence-corrected chi connectivity index (χ1v) is 5.82. The maximum absolute atomic E-state index is 4.45. The Morgan fingerprint density at radius 1 is 1.33 bits per heavy atom. The third-order valence-electron chi connectivity index (χ3n) is 3.10. The molecule has 1 aromatic heterocycles. The first kappa shape index (κ1) is 12.2. The van der Waals surface area contributed by atoms with Crippen molar-refractivity contribution in [3.63, 3.8) is 0 Å². The molecule has 0 saturated carbocycles. The molecule has 1 unspecified atom stereocenters. The molecule has 0 aliphatic heterocycles. The highest BCUT2D eigenvalue weighted by Gasteiger charge is 2.13. The van der Waals surface area contributed by atoms with Crippen LogP contribution < -0.4 is 5.32 Å². The number of aryl methyl sites for hydroxylation is 2. The van der Waals surface area contributed by atoms with Gasteiger partial charge in [0.15, 0.2) is 0 Å². The number of aromatic nitrogens is 2. The van der Waals surface area contributed by atoms with E-state index < -0.39 is 0 Å². The Hall–Kier alpha value is -0.830. The molecule has 0 amide bonds. The average molecular weight is 209 g/mol. The molecule has 0 aliphatic rings. The topological polar surface area (TPSA) is 29.9 Å². The minimum Gasteiger partial charge on any atom is -0.314 e. The first-order valence-electron chi connectivity index (χ1n) is 5.82. The van der Waals surface area contributed by atoms with Crippen LogP contribution in [-0.2, 0) is 13.5 Å². The summed E-state index contributed by atoms with van der Waals surface area (Å²) >= 11 is 0. The van der Waals surface area contributed by atoms with E-state index in [2.05, 4.69) is 38.1 Å². The van der Waals surface area contributed by atoms with E-state index in [4.69, 9.17) is 0 Å². The van der Waals surface area contributed by atoms with E-state index in [0.717, 1.165) is 13.0 Å². The zero-order valence-corrected chi connectivity index (χ0v) is 10.6. The van der Waals surface area contributed by atoms with Crippen molar-refractivity contribution in [2.45, 2.75) is 46.6 Å². The minimum absolute atomic E-state index is 0.580.